The molecule has 2 aromatic carbocycles. The number of aliphatic hydroxyl groups is 1. The van der Waals surface area contributed by atoms with Crippen molar-refractivity contribution in [3.63, 3.8) is 0 Å². The number of aliphatic hydroxyl groups excluding tert-OH is 1. The second-order valence-electron chi connectivity index (χ2n) is 9.85. The van der Waals surface area contributed by atoms with Crippen molar-refractivity contribution in [2.75, 3.05) is 13.1 Å². The van der Waals surface area contributed by atoms with E-state index in [9.17, 15) is 27.5 Å². The summed E-state index contributed by atoms with van der Waals surface area (Å²) in [5, 5.41) is 17.2. The Morgan fingerprint density at radius 3 is 2.61 bits per heavy atom. The number of carbonyl (C=O) groups is 2. The van der Waals surface area contributed by atoms with Crippen LogP contribution >= 0.6 is 0 Å². The third kappa shape index (κ3) is 5.90. The van der Waals surface area contributed by atoms with Crippen LogP contribution in [0.15, 0.2) is 63.9 Å². The summed E-state index contributed by atoms with van der Waals surface area (Å²) < 4.78 is 48.6. The molecule has 3 atom stereocenters. The molecule has 0 bridgehead atoms. The van der Waals surface area contributed by atoms with E-state index in [2.05, 4.69) is 10.6 Å². The van der Waals surface area contributed by atoms with E-state index in [1.54, 1.807) is 24.3 Å². The topological polar surface area (TPSA) is 129 Å². The Balaban J connectivity index is 1.73. The molecule has 1 aromatic heterocycles. The van der Waals surface area contributed by atoms with Crippen molar-refractivity contribution in [2.45, 2.75) is 56.2 Å². The second-order valence-corrected chi connectivity index (χ2v) is 11.6. The zero-order valence-corrected chi connectivity index (χ0v) is 22.1. The summed E-state index contributed by atoms with van der Waals surface area (Å²) >= 11 is 0. The van der Waals surface area contributed by atoms with E-state index in [1.807, 2.05) is 13.8 Å². The molecule has 0 saturated carbocycles. The number of halogens is 1. The molecule has 4 rings (SSSR count). The molecule has 1 aliphatic heterocycles. The average Bonchev–Trinajstić information content (AvgIpc) is 3.21. The van der Waals surface area contributed by atoms with Crippen molar-refractivity contribution in [1.82, 2.24) is 14.9 Å². The highest BCUT2D eigenvalue weighted by atomic mass is 32.2. The number of hydrogen-bond acceptors (Lipinski definition) is 7. The van der Waals surface area contributed by atoms with Crippen LogP contribution in [-0.2, 0) is 14.8 Å². The first-order valence-corrected chi connectivity index (χ1v) is 14.0. The Labute approximate surface area is 221 Å². The number of nitrogens with zero attached hydrogens (tertiary/aromatic N) is 1. The Morgan fingerprint density at radius 1 is 1.18 bits per heavy atom. The normalized spacial score (nSPS) is 19.2. The van der Waals surface area contributed by atoms with Gasteiger partial charge in [0.25, 0.3) is 21.8 Å². The van der Waals surface area contributed by atoms with Crippen LogP contribution in [0.3, 0.4) is 0 Å². The number of β-amino-alcohol motifs (C(OH)–C–C–N with tert-alkyl or cyclic N) is 1. The molecular formula is C27H32FN3O6S. The van der Waals surface area contributed by atoms with Gasteiger partial charge >= 0.3 is 0 Å². The van der Waals surface area contributed by atoms with E-state index in [1.165, 1.54) is 18.2 Å². The van der Waals surface area contributed by atoms with Crippen LogP contribution < -0.4 is 10.6 Å². The molecule has 1 fully saturated rings. The van der Waals surface area contributed by atoms with Gasteiger partial charge in [-0.15, -0.1) is 0 Å². The molecule has 9 nitrogen and oxygen atoms in total. The van der Waals surface area contributed by atoms with Crippen LogP contribution in [0.2, 0.25) is 0 Å². The summed E-state index contributed by atoms with van der Waals surface area (Å²) in [6, 6.07) is 10.9. The van der Waals surface area contributed by atoms with Crippen molar-refractivity contribution in [2.24, 2.45) is 5.92 Å². The first-order chi connectivity index (χ1) is 18.1. The minimum atomic E-state index is -4.74. The third-order valence-electron chi connectivity index (χ3n) is 6.50. The van der Waals surface area contributed by atoms with Gasteiger partial charge in [0, 0.05) is 11.9 Å². The van der Waals surface area contributed by atoms with Gasteiger partial charge in [0.2, 0.25) is 0 Å². The molecule has 1 saturated heterocycles. The monoisotopic (exact) mass is 545 g/mol. The zero-order valence-electron chi connectivity index (χ0n) is 21.3. The standard InChI is InChI=1S/C27H32FN3O6S/c1-17(2)14-20(30-26(33)24-15-18-8-3-5-11-23(18)37-24)27(34)31(21-10-7-13-29-16-22(21)32)38(35,36)25-12-6-4-9-19(25)28/h3-6,8-9,11-12,15,17,20-22,29,32H,7,10,13-14,16H2,1-2H3,(H,30,33)/t20-,21?,22?/m0/s1. The van der Waals surface area contributed by atoms with E-state index < -0.39 is 50.7 Å². The van der Waals surface area contributed by atoms with E-state index >= 15 is 0 Å². The van der Waals surface area contributed by atoms with E-state index in [0.717, 1.165) is 12.1 Å². The zero-order chi connectivity index (χ0) is 27.4. The lowest BCUT2D eigenvalue weighted by atomic mass is 10.0. The molecule has 0 radical (unpaired) electrons. The van der Waals surface area contributed by atoms with Gasteiger partial charge in [-0.2, -0.15) is 0 Å². The number of hydrogen-bond donors (Lipinski definition) is 3. The van der Waals surface area contributed by atoms with Crippen LogP contribution in [-0.4, -0.2) is 60.9 Å². The molecule has 0 spiro atoms. The summed E-state index contributed by atoms with van der Waals surface area (Å²) in [5.41, 5.74) is 0.488. The molecule has 3 aromatic rings. The minimum Gasteiger partial charge on any atom is -0.451 e. The highest BCUT2D eigenvalue weighted by Gasteiger charge is 2.43. The summed E-state index contributed by atoms with van der Waals surface area (Å²) in [7, 11) is -4.74. The average molecular weight is 546 g/mol. The Bertz CT molecular complexity index is 1370. The fraction of sp³-hybridized carbons (Fsp3) is 0.407. The number of benzene rings is 2. The van der Waals surface area contributed by atoms with Crippen molar-refractivity contribution < 1.29 is 31.9 Å². The number of furan rings is 1. The number of sulfonamides is 1. The molecule has 11 heteroatoms. The van der Waals surface area contributed by atoms with Crippen LogP contribution in [0, 0.1) is 11.7 Å². The predicted octanol–water partition coefficient (Wildman–Crippen LogP) is 3.05. The van der Waals surface area contributed by atoms with Crippen molar-refractivity contribution in [3.8, 4) is 0 Å². The number of amides is 2. The summed E-state index contributed by atoms with van der Waals surface area (Å²) in [5.74, 6) is -2.80. The summed E-state index contributed by atoms with van der Waals surface area (Å²) in [4.78, 5) is 26.5. The highest BCUT2D eigenvalue weighted by Crippen LogP contribution is 2.28. The van der Waals surface area contributed by atoms with Crippen molar-refractivity contribution in [1.29, 1.82) is 0 Å². The largest absolute Gasteiger partial charge is 0.451 e. The molecule has 2 amide bonds. The van der Waals surface area contributed by atoms with E-state index in [-0.39, 0.29) is 31.1 Å². The van der Waals surface area contributed by atoms with Crippen molar-refractivity contribution in [3.05, 3.63) is 66.2 Å². The fourth-order valence-electron chi connectivity index (χ4n) is 4.68. The van der Waals surface area contributed by atoms with Crippen LogP contribution in [0.1, 0.15) is 43.7 Å². The number of fused-ring (bicyclic) bond motifs is 1. The molecule has 1 aliphatic rings. The van der Waals surface area contributed by atoms with Crippen molar-refractivity contribution >= 4 is 32.8 Å². The molecule has 3 N–H and O–H groups in total. The van der Waals surface area contributed by atoms with E-state index in [4.69, 9.17) is 4.42 Å². The summed E-state index contributed by atoms with van der Waals surface area (Å²) in [6.07, 6.45) is -0.471. The first-order valence-electron chi connectivity index (χ1n) is 12.6. The molecule has 0 aliphatic carbocycles. The lowest BCUT2D eigenvalue weighted by Crippen LogP contribution is -2.57. The lowest BCUT2D eigenvalue weighted by Gasteiger charge is -2.35. The van der Waals surface area contributed by atoms with Gasteiger partial charge in [-0.05, 0) is 56.0 Å². The lowest BCUT2D eigenvalue weighted by molar-refractivity contribution is -0.132. The van der Waals surface area contributed by atoms with Gasteiger partial charge in [0.1, 0.15) is 22.3 Å². The smallest absolute Gasteiger partial charge is 0.287 e. The number of rotatable bonds is 8. The Kier molecular flexibility index (Phi) is 8.49. The fourth-order valence-corrected chi connectivity index (χ4v) is 6.42. The summed E-state index contributed by atoms with van der Waals surface area (Å²) in [6.45, 7) is 4.23. The van der Waals surface area contributed by atoms with Gasteiger partial charge in [-0.25, -0.2) is 17.1 Å². The third-order valence-corrected chi connectivity index (χ3v) is 8.36. The minimum absolute atomic E-state index is 0.0324. The molecule has 2 heterocycles. The Morgan fingerprint density at radius 2 is 1.89 bits per heavy atom. The predicted molar refractivity (Wildman–Crippen MR) is 139 cm³/mol. The van der Waals surface area contributed by atoms with Gasteiger partial charge in [-0.3, -0.25) is 9.59 Å². The maximum absolute atomic E-state index is 14.7. The SMILES string of the molecule is CC(C)C[C@H](NC(=O)c1cc2ccccc2o1)C(=O)N(C1CCCNCC1O)S(=O)(=O)c1ccccc1F. The van der Waals surface area contributed by atoms with E-state index in [0.29, 0.717) is 28.2 Å². The first kappa shape index (κ1) is 27.7. The van der Waals surface area contributed by atoms with Gasteiger partial charge in [0.05, 0.1) is 12.1 Å². The highest BCUT2D eigenvalue weighted by molar-refractivity contribution is 7.89. The molecule has 204 valence electrons. The molecular weight excluding hydrogens is 513 g/mol. The number of carbonyl (C=O) groups excluding carboxylic acids is 2. The van der Waals surface area contributed by atoms with Gasteiger partial charge < -0.3 is 20.2 Å². The van der Waals surface area contributed by atoms with Gasteiger partial charge in [-0.1, -0.05) is 44.2 Å². The number of nitrogens with one attached hydrogen (secondary N) is 2. The second kappa shape index (κ2) is 11.6. The molecule has 2 unspecified atom stereocenters. The van der Waals surface area contributed by atoms with Gasteiger partial charge in [0.15, 0.2) is 5.76 Å². The number of para-hydroxylation sites is 1. The van der Waals surface area contributed by atoms with Crippen LogP contribution in [0.5, 0.6) is 0 Å². The van der Waals surface area contributed by atoms with Crippen LogP contribution in [0.4, 0.5) is 4.39 Å². The quantitative estimate of drug-likeness (QED) is 0.397. The maximum atomic E-state index is 14.7. The molecule has 38 heavy (non-hydrogen) atoms. The van der Waals surface area contributed by atoms with Crippen LogP contribution in [0.25, 0.3) is 11.0 Å². The Hall–Kier alpha value is -3.28. The maximum Gasteiger partial charge on any atom is 0.287 e.